The molecule has 2 saturated heterocycles. The summed E-state index contributed by atoms with van der Waals surface area (Å²) >= 11 is 0. The molecule has 2 aliphatic heterocycles. The number of piperazine rings is 1. The Bertz CT molecular complexity index is 1180. The molecule has 3 aromatic rings. The number of hydrogen-bond acceptors (Lipinski definition) is 8. The first-order chi connectivity index (χ1) is 16.7. The number of pyridine rings is 1. The van der Waals surface area contributed by atoms with Gasteiger partial charge in [0.25, 0.3) is 5.91 Å². The molecule has 5 heterocycles. The minimum absolute atomic E-state index is 0.0961. The number of anilines is 1. The van der Waals surface area contributed by atoms with E-state index in [9.17, 15) is 4.79 Å². The second kappa shape index (κ2) is 8.92. The molecule has 6 rings (SSSR count). The van der Waals surface area contributed by atoms with Gasteiger partial charge in [0.15, 0.2) is 17.0 Å². The molecule has 0 aromatic carbocycles. The zero-order valence-electron chi connectivity index (χ0n) is 19.6. The summed E-state index contributed by atoms with van der Waals surface area (Å²) in [7, 11) is 0. The molecule has 0 N–H and O–H groups in total. The Morgan fingerprint density at radius 1 is 1.00 bits per heavy atom. The minimum Gasteiger partial charge on any atom is -0.378 e. The van der Waals surface area contributed by atoms with E-state index < -0.39 is 0 Å². The predicted octanol–water partition coefficient (Wildman–Crippen LogP) is 1.67. The first-order valence-corrected chi connectivity index (χ1v) is 12.3. The van der Waals surface area contributed by atoms with E-state index in [1.807, 2.05) is 17.0 Å². The monoisotopic (exact) mass is 462 g/mol. The van der Waals surface area contributed by atoms with Crippen molar-refractivity contribution >= 4 is 22.9 Å². The molecule has 1 saturated carbocycles. The summed E-state index contributed by atoms with van der Waals surface area (Å²) in [6.45, 7) is 8.72. The van der Waals surface area contributed by atoms with Crippen molar-refractivity contribution < 1.29 is 9.53 Å². The van der Waals surface area contributed by atoms with Gasteiger partial charge in [0, 0.05) is 69.8 Å². The number of aryl methyl sites for hydroxylation is 1. The number of carbonyl (C=O) groups excluding carboxylic acids is 1. The third kappa shape index (κ3) is 3.90. The lowest BCUT2D eigenvalue weighted by atomic mass is 10.2. The van der Waals surface area contributed by atoms with Gasteiger partial charge in [-0.15, -0.1) is 0 Å². The van der Waals surface area contributed by atoms with Crippen molar-refractivity contribution in [2.45, 2.75) is 32.4 Å². The Kier molecular flexibility index (Phi) is 5.62. The number of aromatic nitrogens is 5. The lowest BCUT2D eigenvalue weighted by Crippen LogP contribution is -2.49. The van der Waals surface area contributed by atoms with Crippen LogP contribution in [0.1, 0.15) is 30.4 Å². The molecule has 0 radical (unpaired) electrons. The molecule has 10 nitrogen and oxygen atoms in total. The van der Waals surface area contributed by atoms with Crippen LogP contribution in [0.4, 0.5) is 5.82 Å². The average Bonchev–Trinajstić information content (AvgIpc) is 3.69. The number of amides is 1. The number of ether oxygens (including phenoxy) is 1. The van der Waals surface area contributed by atoms with Crippen molar-refractivity contribution in [3.05, 3.63) is 30.4 Å². The second-order valence-corrected chi connectivity index (χ2v) is 9.12. The fraction of sp³-hybridized carbons (Fsp3) is 0.542. The van der Waals surface area contributed by atoms with Gasteiger partial charge in [0.1, 0.15) is 5.82 Å². The van der Waals surface area contributed by atoms with Gasteiger partial charge < -0.3 is 19.1 Å². The third-order valence-corrected chi connectivity index (χ3v) is 7.00. The topological polar surface area (TPSA) is 92.5 Å². The Balaban J connectivity index is 1.41. The van der Waals surface area contributed by atoms with Gasteiger partial charge in [-0.05, 0) is 31.9 Å². The second-order valence-electron chi connectivity index (χ2n) is 9.12. The molecule has 0 unspecified atom stereocenters. The molecule has 0 atom stereocenters. The number of fused-ring (bicyclic) bond motifs is 1. The van der Waals surface area contributed by atoms with Gasteiger partial charge in [-0.25, -0.2) is 15.0 Å². The summed E-state index contributed by atoms with van der Waals surface area (Å²) in [6, 6.07) is 4.62. The maximum Gasteiger partial charge on any atom is 0.291 e. The Morgan fingerprint density at radius 2 is 1.74 bits per heavy atom. The lowest BCUT2D eigenvalue weighted by molar-refractivity contribution is 0.0615. The van der Waals surface area contributed by atoms with Crippen molar-refractivity contribution in [1.29, 1.82) is 0 Å². The van der Waals surface area contributed by atoms with E-state index in [2.05, 4.69) is 26.3 Å². The van der Waals surface area contributed by atoms with Crippen LogP contribution in [0.2, 0.25) is 0 Å². The van der Waals surface area contributed by atoms with E-state index >= 15 is 0 Å². The molecule has 178 valence electrons. The molecule has 3 aliphatic rings. The highest BCUT2D eigenvalue weighted by Crippen LogP contribution is 2.31. The normalized spacial score (nSPS) is 19.7. The highest BCUT2D eigenvalue weighted by atomic mass is 16.5. The van der Waals surface area contributed by atoms with Gasteiger partial charge in [-0.3, -0.25) is 14.7 Å². The van der Waals surface area contributed by atoms with E-state index in [1.165, 1.54) is 12.8 Å². The van der Waals surface area contributed by atoms with Crippen molar-refractivity contribution in [3.8, 4) is 11.4 Å². The van der Waals surface area contributed by atoms with Crippen LogP contribution >= 0.6 is 0 Å². The standard InChI is InChI=1S/C24H30N8O2/c1-2-32-21(17-5-7-25-8-6-17)26-19-22(30-13-15-34-16-14-30)27-20(28-23(19)32)24(33)31-11-9-29(10-12-31)18-3-4-18/h5-8,18H,2-4,9-16H2,1H3. The largest absolute Gasteiger partial charge is 0.378 e. The van der Waals surface area contributed by atoms with E-state index in [0.717, 1.165) is 54.9 Å². The van der Waals surface area contributed by atoms with Gasteiger partial charge >= 0.3 is 0 Å². The summed E-state index contributed by atoms with van der Waals surface area (Å²) in [5.41, 5.74) is 2.39. The molecule has 1 amide bonds. The highest BCUT2D eigenvalue weighted by Gasteiger charge is 2.34. The molecule has 3 aromatic heterocycles. The predicted molar refractivity (Wildman–Crippen MR) is 128 cm³/mol. The number of hydrogen-bond donors (Lipinski definition) is 0. The summed E-state index contributed by atoms with van der Waals surface area (Å²) < 4.78 is 7.63. The van der Waals surface area contributed by atoms with Crippen molar-refractivity contribution in [2.75, 3.05) is 57.4 Å². The van der Waals surface area contributed by atoms with Crippen LogP contribution in [0, 0.1) is 0 Å². The average molecular weight is 463 g/mol. The number of nitrogens with zero attached hydrogens (tertiary/aromatic N) is 8. The molecular formula is C24H30N8O2. The van der Waals surface area contributed by atoms with Gasteiger partial charge in [0.2, 0.25) is 5.82 Å². The Hall–Kier alpha value is -3.11. The molecule has 1 aliphatic carbocycles. The fourth-order valence-corrected chi connectivity index (χ4v) is 4.97. The highest BCUT2D eigenvalue weighted by molar-refractivity contribution is 5.95. The zero-order chi connectivity index (χ0) is 23.1. The summed E-state index contributed by atoms with van der Waals surface area (Å²) in [4.78, 5) is 38.8. The van der Waals surface area contributed by atoms with Crippen LogP contribution in [-0.4, -0.2) is 98.7 Å². The van der Waals surface area contributed by atoms with Gasteiger partial charge in [-0.2, -0.15) is 0 Å². The van der Waals surface area contributed by atoms with Crippen LogP contribution in [0.25, 0.3) is 22.6 Å². The number of imidazole rings is 1. The van der Waals surface area contributed by atoms with E-state index in [-0.39, 0.29) is 11.7 Å². The molecule has 34 heavy (non-hydrogen) atoms. The SMILES string of the molecule is CCn1c(-c2ccncc2)nc2c(N3CCOCC3)nc(C(=O)N3CCN(C4CC4)CC3)nc21. The van der Waals surface area contributed by atoms with Crippen LogP contribution in [0.3, 0.4) is 0 Å². The smallest absolute Gasteiger partial charge is 0.291 e. The van der Waals surface area contributed by atoms with Crippen LogP contribution < -0.4 is 4.90 Å². The molecular weight excluding hydrogens is 432 g/mol. The maximum atomic E-state index is 13.5. The maximum absolute atomic E-state index is 13.5. The third-order valence-electron chi connectivity index (χ3n) is 7.00. The van der Waals surface area contributed by atoms with E-state index in [1.54, 1.807) is 12.4 Å². The summed E-state index contributed by atoms with van der Waals surface area (Å²) in [5, 5.41) is 0. The zero-order valence-corrected chi connectivity index (χ0v) is 19.6. The van der Waals surface area contributed by atoms with Gasteiger partial charge in [-0.1, -0.05) is 0 Å². The quantitative estimate of drug-likeness (QED) is 0.565. The van der Waals surface area contributed by atoms with E-state index in [0.29, 0.717) is 38.5 Å². The fourth-order valence-electron chi connectivity index (χ4n) is 4.97. The minimum atomic E-state index is -0.0961. The molecule has 3 fully saturated rings. The lowest BCUT2D eigenvalue weighted by Gasteiger charge is -2.34. The molecule has 0 spiro atoms. The number of rotatable bonds is 5. The van der Waals surface area contributed by atoms with Crippen molar-refractivity contribution in [2.24, 2.45) is 0 Å². The van der Waals surface area contributed by atoms with Gasteiger partial charge in [0.05, 0.1) is 13.2 Å². The summed E-state index contributed by atoms with van der Waals surface area (Å²) in [5.74, 6) is 1.69. The summed E-state index contributed by atoms with van der Waals surface area (Å²) in [6.07, 6.45) is 6.11. The van der Waals surface area contributed by atoms with Crippen molar-refractivity contribution in [1.82, 2.24) is 34.3 Å². The van der Waals surface area contributed by atoms with Crippen molar-refractivity contribution in [3.63, 3.8) is 0 Å². The number of carbonyl (C=O) groups is 1. The van der Waals surface area contributed by atoms with E-state index in [4.69, 9.17) is 19.7 Å². The number of morpholine rings is 1. The first kappa shape index (κ1) is 21.4. The van der Waals surface area contributed by atoms with Crippen LogP contribution in [-0.2, 0) is 11.3 Å². The first-order valence-electron chi connectivity index (χ1n) is 12.3. The molecule has 10 heteroatoms. The van der Waals surface area contributed by atoms with Crippen LogP contribution in [0.15, 0.2) is 24.5 Å². The molecule has 0 bridgehead atoms. The Labute approximate surface area is 198 Å². The Morgan fingerprint density at radius 3 is 2.41 bits per heavy atom. The van der Waals surface area contributed by atoms with Crippen LogP contribution in [0.5, 0.6) is 0 Å².